The molecule has 2 bridgehead atoms. The molecule has 0 spiro atoms. The predicted molar refractivity (Wildman–Crippen MR) is 72.1 cm³/mol. The van der Waals surface area contributed by atoms with Crippen molar-refractivity contribution in [3.05, 3.63) is 0 Å². The number of rotatable bonds is 6. The van der Waals surface area contributed by atoms with E-state index in [2.05, 4.69) is 24.1 Å². The van der Waals surface area contributed by atoms with E-state index in [4.69, 9.17) is 0 Å². The van der Waals surface area contributed by atoms with Crippen molar-refractivity contribution < 1.29 is 0 Å². The van der Waals surface area contributed by atoms with Crippen LogP contribution in [-0.4, -0.2) is 36.1 Å². The molecule has 3 aliphatic rings. The molecule has 0 aromatic heterocycles. The topological polar surface area (TPSA) is 15.3 Å². The molecule has 3 rings (SSSR count). The van der Waals surface area contributed by atoms with Gasteiger partial charge in [-0.25, -0.2) is 0 Å². The van der Waals surface area contributed by atoms with Crippen molar-refractivity contribution in [2.24, 2.45) is 11.8 Å². The summed E-state index contributed by atoms with van der Waals surface area (Å²) in [4.78, 5) is 2.81. The fourth-order valence-corrected chi connectivity index (χ4v) is 3.73. The summed E-state index contributed by atoms with van der Waals surface area (Å²) in [5.74, 6) is 1.82. The molecular formula is C15H28N2. The maximum absolute atomic E-state index is 3.78. The van der Waals surface area contributed by atoms with Crippen molar-refractivity contribution in [3.63, 3.8) is 0 Å². The van der Waals surface area contributed by atoms with Crippen molar-refractivity contribution in [2.45, 2.75) is 70.5 Å². The van der Waals surface area contributed by atoms with Gasteiger partial charge in [-0.15, -0.1) is 0 Å². The lowest BCUT2D eigenvalue weighted by Crippen LogP contribution is -2.37. The van der Waals surface area contributed by atoms with E-state index in [1.165, 1.54) is 51.6 Å². The SMILES string of the molecule is CC(C)CCN(CC1CC2CCC1N2)C1CC1. The molecule has 98 valence electrons. The summed E-state index contributed by atoms with van der Waals surface area (Å²) in [6.07, 6.45) is 8.65. The molecule has 2 nitrogen and oxygen atoms in total. The van der Waals surface area contributed by atoms with Crippen LogP contribution in [0.1, 0.15) is 52.4 Å². The average molecular weight is 236 g/mol. The molecule has 3 fully saturated rings. The third-order valence-electron chi connectivity index (χ3n) is 4.96. The van der Waals surface area contributed by atoms with Crippen molar-refractivity contribution in [3.8, 4) is 0 Å². The zero-order valence-electron chi connectivity index (χ0n) is 11.5. The van der Waals surface area contributed by atoms with Crippen LogP contribution in [-0.2, 0) is 0 Å². The zero-order valence-corrected chi connectivity index (χ0v) is 11.5. The standard InChI is InChI=1S/C15H28N2/c1-11(2)7-8-17(14-4-5-14)10-12-9-13-3-6-15(12)16-13/h11-16H,3-10H2,1-2H3. The van der Waals surface area contributed by atoms with Crippen LogP contribution in [0.5, 0.6) is 0 Å². The molecule has 0 amide bonds. The van der Waals surface area contributed by atoms with E-state index in [1.54, 1.807) is 0 Å². The minimum Gasteiger partial charge on any atom is -0.311 e. The van der Waals surface area contributed by atoms with Gasteiger partial charge in [-0.05, 0) is 56.9 Å². The monoisotopic (exact) mass is 236 g/mol. The van der Waals surface area contributed by atoms with Crippen LogP contribution < -0.4 is 5.32 Å². The Morgan fingerprint density at radius 2 is 2.00 bits per heavy atom. The summed E-state index contributed by atoms with van der Waals surface area (Å²) in [6.45, 7) is 7.43. The van der Waals surface area contributed by atoms with Gasteiger partial charge in [-0.3, -0.25) is 0 Å². The molecule has 2 saturated heterocycles. The van der Waals surface area contributed by atoms with Crippen molar-refractivity contribution >= 4 is 0 Å². The molecular weight excluding hydrogens is 208 g/mol. The second-order valence-corrected chi connectivity index (χ2v) is 6.95. The van der Waals surface area contributed by atoms with E-state index in [-0.39, 0.29) is 0 Å². The number of hydrogen-bond acceptors (Lipinski definition) is 2. The Hall–Kier alpha value is -0.0800. The first-order valence-corrected chi connectivity index (χ1v) is 7.72. The average Bonchev–Trinajstić information content (AvgIpc) is 2.93. The number of fused-ring (bicyclic) bond motifs is 2. The summed E-state index contributed by atoms with van der Waals surface area (Å²) < 4.78 is 0. The lowest BCUT2D eigenvalue weighted by molar-refractivity contribution is 0.193. The van der Waals surface area contributed by atoms with Gasteiger partial charge in [-0.1, -0.05) is 13.8 Å². The molecule has 2 heterocycles. The Labute approximate surface area is 106 Å². The molecule has 1 N–H and O–H groups in total. The highest BCUT2D eigenvalue weighted by atomic mass is 15.2. The highest BCUT2D eigenvalue weighted by molar-refractivity contribution is 4.99. The summed E-state index contributed by atoms with van der Waals surface area (Å²) in [5, 5.41) is 3.78. The minimum atomic E-state index is 0.856. The molecule has 1 saturated carbocycles. The fraction of sp³-hybridized carbons (Fsp3) is 1.00. The Kier molecular flexibility index (Phi) is 3.45. The maximum atomic E-state index is 3.78. The van der Waals surface area contributed by atoms with Crippen LogP contribution in [0.15, 0.2) is 0 Å². The van der Waals surface area contributed by atoms with Gasteiger partial charge in [0, 0.05) is 24.7 Å². The van der Waals surface area contributed by atoms with Crippen molar-refractivity contribution in [1.82, 2.24) is 10.2 Å². The first-order valence-electron chi connectivity index (χ1n) is 7.72. The highest BCUT2D eigenvalue weighted by Gasteiger charge is 2.41. The lowest BCUT2D eigenvalue weighted by atomic mass is 9.88. The third-order valence-corrected chi connectivity index (χ3v) is 4.96. The van der Waals surface area contributed by atoms with E-state index < -0.39 is 0 Å². The van der Waals surface area contributed by atoms with Gasteiger partial charge in [0.05, 0.1) is 0 Å². The summed E-state index contributed by atoms with van der Waals surface area (Å²) in [6, 6.07) is 2.68. The minimum absolute atomic E-state index is 0.856. The molecule has 3 unspecified atom stereocenters. The third kappa shape index (κ3) is 2.85. The van der Waals surface area contributed by atoms with Gasteiger partial charge in [0.2, 0.25) is 0 Å². The summed E-state index contributed by atoms with van der Waals surface area (Å²) >= 11 is 0. The van der Waals surface area contributed by atoms with E-state index in [9.17, 15) is 0 Å². The molecule has 17 heavy (non-hydrogen) atoms. The van der Waals surface area contributed by atoms with Gasteiger partial charge in [0.1, 0.15) is 0 Å². The molecule has 0 aromatic rings. The number of hydrogen-bond donors (Lipinski definition) is 1. The quantitative estimate of drug-likeness (QED) is 0.762. The number of nitrogens with one attached hydrogen (secondary N) is 1. The van der Waals surface area contributed by atoms with Gasteiger partial charge < -0.3 is 10.2 Å². The molecule has 2 heteroatoms. The first-order chi connectivity index (χ1) is 8.22. The normalized spacial score (nSPS) is 36.4. The smallest absolute Gasteiger partial charge is 0.0111 e. The summed E-state index contributed by atoms with van der Waals surface area (Å²) in [5.41, 5.74) is 0. The molecule has 3 atom stereocenters. The van der Waals surface area contributed by atoms with Gasteiger partial charge in [0.15, 0.2) is 0 Å². The van der Waals surface area contributed by atoms with E-state index in [1.807, 2.05) is 0 Å². The van der Waals surface area contributed by atoms with Crippen LogP contribution in [0.2, 0.25) is 0 Å². The molecule has 0 radical (unpaired) electrons. The van der Waals surface area contributed by atoms with Crippen LogP contribution in [0.25, 0.3) is 0 Å². The zero-order chi connectivity index (χ0) is 11.8. The molecule has 0 aromatic carbocycles. The fourth-order valence-electron chi connectivity index (χ4n) is 3.73. The number of nitrogens with zero attached hydrogens (tertiary/aromatic N) is 1. The van der Waals surface area contributed by atoms with Crippen molar-refractivity contribution in [2.75, 3.05) is 13.1 Å². The van der Waals surface area contributed by atoms with Crippen LogP contribution >= 0.6 is 0 Å². The Morgan fingerprint density at radius 3 is 2.53 bits per heavy atom. The predicted octanol–water partition coefficient (Wildman–Crippen LogP) is 2.64. The van der Waals surface area contributed by atoms with Gasteiger partial charge in [0.25, 0.3) is 0 Å². The highest BCUT2D eigenvalue weighted by Crippen LogP contribution is 2.36. The van der Waals surface area contributed by atoms with Gasteiger partial charge in [-0.2, -0.15) is 0 Å². The lowest BCUT2D eigenvalue weighted by Gasteiger charge is -2.29. The molecule has 2 aliphatic heterocycles. The maximum Gasteiger partial charge on any atom is 0.0111 e. The Balaban J connectivity index is 1.50. The summed E-state index contributed by atoms with van der Waals surface area (Å²) in [7, 11) is 0. The van der Waals surface area contributed by atoms with Crippen LogP contribution in [0, 0.1) is 11.8 Å². The largest absolute Gasteiger partial charge is 0.311 e. The first kappa shape index (κ1) is 12.0. The van der Waals surface area contributed by atoms with Gasteiger partial charge >= 0.3 is 0 Å². The van der Waals surface area contributed by atoms with Crippen LogP contribution in [0.3, 0.4) is 0 Å². The van der Waals surface area contributed by atoms with E-state index >= 15 is 0 Å². The Bertz CT molecular complexity index is 260. The Morgan fingerprint density at radius 1 is 1.18 bits per heavy atom. The second-order valence-electron chi connectivity index (χ2n) is 6.95. The molecule has 1 aliphatic carbocycles. The van der Waals surface area contributed by atoms with Crippen molar-refractivity contribution in [1.29, 1.82) is 0 Å². The van der Waals surface area contributed by atoms with E-state index in [0.29, 0.717) is 0 Å². The van der Waals surface area contributed by atoms with Crippen LogP contribution in [0.4, 0.5) is 0 Å². The second kappa shape index (κ2) is 4.89. The van der Waals surface area contributed by atoms with E-state index in [0.717, 1.165) is 30.0 Å².